The molecular formula is C22H19BrF4N4O. The first-order valence-corrected chi connectivity index (χ1v) is 11.0. The number of nitrogens with one attached hydrogen (secondary N) is 1. The van der Waals surface area contributed by atoms with Crippen LogP contribution in [0.25, 0.3) is 10.9 Å². The van der Waals surface area contributed by atoms with E-state index in [1.54, 1.807) is 13.1 Å². The van der Waals surface area contributed by atoms with Gasteiger partial charge in [-0.1, -0.05) is 18.2 Å². The molecule has 0 saturated heterocycles. The minimum Gasteiger partial charge on any atom is -0.363 e. The molecule has 2 bridgehead atoms. The van der Waals surface area contributed by atoms with E-state index in [1.807, 2.05) is 0 Å². The van der Waals surface area contributed by atoms with Crippen molar-refractivity contribution >= 4 is 32.7 Å². The Morgan fingerprint density at radius 2 is 1.94 bits per heavy atom. The number of pyridine rings is 1. The van der Waals surface area contributed by atoms with Gasteiger partial charge < -0.3 is 9.88 Å². The van der Waals surface area contributed by atoms with Crippen LogP contribution in [0.1, 0.15) is 55.8 Å². The molecule has 2 atom stereocenters. The quantitative estimate of drug-likeness (QED) is 0.436. The molecule has 1 unspecified atom stereocenters. The SMILES string of the molecule is CC(Nc1ncnc2c(Br)c(=O)n([C@H]3CC4(F)CC3C4)cc12)c1cccc(C(F)F)c1F. The van der Waals surface area contributed by atoms with Gasteiger partial charge >= 0.3 is 0 Å². The van der Waals surface area contributed by atoms with Gasteiger partial charge in [-0.25, -0.2) is 27.5 Å². The summed E-state index contributed by atoms with van der Waals surface area (Å²) in [6, 6.07) is 2.92. The summed E-state index contributed by atoms with van der Waals surface area (Å²) in [7, 11) is 0. The summed E-state index contributed by atoms with van der Waals surface area (Å²) in [6.07, 6.45) is 1.14. The zero-order valence-electron chi connectivity index (χ0n) is 17.0. The molecule has 5 nitrogen and oxygen atoms in total. The standard InChI is InChI=1S/C22H19BrF4N4O/c1-10(12-3-2-4-13(17(12)24)19(25)26)30-20-14-8-31(15-7-22(27)5-11(15)6-22)21(32)16(23)18(14)28-9-29-20/h2-4,8-11,15,19H,5-7H2,1H3,(H,28,29,30)/t10?,11?,15-,22?/m0/s1. The molecule has 3 aliphatic carbocycles. The molecule has 0 spiro atoms. The van der Waals surface area contributed by atoms with Crippen LogP contribution in [0, 0.1) is 11.7 Å². The summed E-state index contributed by atoms with van der Waals surface area (Å²) in [5.74, 6) is -0.551. The lowest BCUT2D eigenvalue weighted by molar-refractivity contribution is 0.0740. The molecule has 10 heteroatoms. The molecule has 3 fully saturated rings. The molecule has 0 aliphatic heterocycles. The van der Waals surface area contributed by atoms with E-state index in [-0.39, 0.29) is 34.0 Å². The second kappa shape index (κ2) is 7.54. The third kappa shape index (κ3) is 3.30. The lowest BCUT2D eigenvalue weighted by Gasteiger charge is -2.30. The van der Waals surface area contributed by atoms with E-state index in [1.165, 1.54) is 23.0 Å². The smallest absolute Gasteiger partial charge is 0.267 e. The van der Waals surface area contributed by atoms with Crippen molar-refractivity contribution < 1.29 is 17.6 Å². The van der Waals surface area contributed by atoms with Crippen LogP contribution >= 0.6 is 15.9 Å². The van der Waals surface area contributed by atoms with Gasteiger partial charge in [0.1, 0.15) is 28.1 Å². The molecule has 168 valence electrons. The topological polar surface area (TPSA) is 59.8 Å². The second-order valence-electron chi connectivity index (χ2n) is 8.65. The summed E-state index contributed by atoms with van der Waals surface area (Å²) in [5.41, 5.74) is -1.74. The minimum atomic E-state index is -2.93. The van der Waals surface area contributed by atoms with Crippen molar-refractivity contribution in [2.24, 2.45) is 5.92 Å². The van der Waals surface area contributed by atoms with Crippen LogP contribution in [0.5, 0.6) is 0 Å². The van der Waals surface area contributed by atoms with Crippen molar-refractivity contribution in [2.75, 3.05) is 5.32 Å². The monoisotopic (exact) mass is 510 g/mol. The predicted octanol–water partition coefficient (Wildman–Crippen LogP) is 5.87. The van der Waals surface area contributed by atoms with Gasteiger partial charge in [-0.2, -0.15) is 0 Å². The van der Waals surface area contributed by atoms with E-state index in [4.69, 9.17) is 0 Å². The van der Waals surface area contributed by atoms with E-state index in [9.17, 15) is 22.4 Å². The molecule has 3 saturated carbocycles. The van der Waals surface area contributed by atoms with E-state index < -0.39 is 29.5 Å². The van der Waals surface area contributed by atoms with Gasteiger partial charge in [0.05, 0.1) is 22.5 Å². The third-order valence-electron chi connectivity index (χ3n) is 6.63. The minimum absolute atomic E-state index is 0.0675. The van der Waals surface area contributed by atoms with Crippen LogP contribution in [-0.4, -0.2) is 20.2 Å². The number of alkyl halides is 3. The number of hydrogen-bond acceptors (Lipinski definition) is 4. The number of anilines is 1. The van der Waals surface area contributed by atoms with E-state index in [2.05, 4.69) is 31.2 Å². The Bertz CT molecular complexity index is 1270. The molecule has 3 aliphatic rings. The summed E-state index contributed by atoms with van der Waals surface area (Å²) < 4.78 is 57.0. The fourth-order valence-corrected chi connectivity index (χ4v) is 5.53. The number of aromatic nitrogens is 3. The molecule has 0 radical (unpaired) electrons. The normalized spacial score (nSPS) is 25.2. The number of halogens is 5. The van der Waals surface area contributed by atoms with Crippen LogP contribution in [0.2, 0.25) is 0 Å². The first kappa shape index (κ1) is 21.4. The molecule has 1 N–H and O–H groups in total. The maximum Gasteiger partial charge on any atom is 0.267 e. The van der Waals surface area contributed by atoms with Crippen molar-refractivity contribution in [1.29, 1.82) is 0 Å². The number of hydrogen-bond donors (Lipinski definition) is 1. The zero-order chi connectivity index (χ0) is 22.8. The highest BCUT2D eigenvalue weighted by molar-refractivity contribution is 9.10. The van der Waals surface area contributed by atoms with Crippen molar-refractivity contribution in [3.8, 4) is 0 Å². The molecule has 6 rings (SSSR count). The molecular weight excluding hydrogens is 492 g/mol. The Kier molecular flexibility index (Phi) is 5.03. The predicted molar refractivity (Wildman–Crippen MR) is 115 cm³/mol. The van der Waals surface area contributed by atoms with Crippen LogP contribution in [0.15, 0.2) is 40.0 Å². The average molecular weight is 511 g/mol. The number of nitrogens with zero attached hydrogens (tertiary/aromatic N) is 3. The summed E-state index contributed by atoms with van der Waals surface area (Å²) >= 11 is 3.32. The van der Waals surface area contributed by atoms with Gasteiger partial charge in [-0.15, -0.1) is 0 Å². The Balaban J connectivity index is 1.55. The van der Waals surface area contributed by atoms with Crippen LogP contribution in [0.4, 0.5) is 23.4 Å². The van der Waals surface area contributed by atoms with Gasteiger partial charge in [-0.05, 0) is 41.6 Å². The summed E-state index contributed by atoms with van der Waals surface area (Å²) in [5, 5.41) is 3.55. The largest absolute Gasteiger partial charge is 0.363 e. The molecule has 1 aromatic carbocycles. The molecule has 3 aromatic rings. The number of benzene rings is 1. The average Bonchev–Trinajstić information content (AvgIpc) is 3.24. The Hall–Kier alpha value is -2.49. The van der Waals surface area contributed by atoms with Crippen LogP contribution in [-0.2, 0) is 0 Å². The van der Waals surface area contributed by atoms with Gasteiger partial charge in [0.2, 0.25) is 0 Å². The van der Waals surface area contributed by atoms with E-state index in [0.717, 1.165) is 6.07 Å². The number of fused-ring (bicyclic) bond motifs is 2. The third-order valence-corrected chi connectivity index (χ3v) is 7.34. The Labute approximate surface area is 189 Å². The van der Waals surface area contributed by atoms with Gasteiger partial charge in [0, 0.05) is 24.2 Å². The van der Waals surface area contributed by atoms with Crippen molar-refractivity contribution in [2.45, 2.75) is 50.4 Å². The first-order valence-electron chi connectivity index (χ1n) is 10.3. The van der Waals surface area contributed by atoms with E-state index >= 15 is 0 Å². The highest BCUT2D eigenvalue weighted by Gasteiger charge is 2.57. The van der Waals surface area contributed by atoms with Crippen LogP contribution < -0.4 is 10.9 Å². The fraction of sp³-hybridized carbons (Fsp3) is 0.409. The first-order chi connectivity index (χ1) is 15.2. The maximum atomic E-state index is 14.6. The number of rotatable bonds is 5. The van der Waals surface area contributed by atoms with Crippen molar-refractivity contribution in [3.05, 3.63) is 62.5 Å². The molecule has 0 amide bonds. The lowest BCUT2D eigenvalue weighted by Crippen LogP contribution is -2.31. The van der Waals surface area contributed by atoms with Gasteiger partial charge in [0.15, 0.2) is 0 Å². The van der Waals surface area contributed by atoms with Crippen molar-refractivity contribution in [1.82, 2.24) is 14.5 Å². The highest BCUT2D eigenvalue weighted by Crippen LogP contribution is 2.59. The molecule has 2 aromatic heterocycles. The fourth-order valence-electron chi connectivity index (χ4n) is 5.01. The summed E-state index contributed by atoms with van der Waals surface area (Å²) in [4.78, 5) is 21.4. The molecule has 32 heavy (non-hydrogen) atoms. The zero-order valence-corrected chi connectivity index (χ0v) is 18.5. The van der Waals surface area contributed by atoms with Crippen LogP contribution in [0.3, 0.4) is 0 Å². The second-order valence-corrected chi connectivity index (χ2v) is 9.44. The lowest BCUT2D eigenvalue weighted by atomic mass is 9.81. The Morgan fingerprint density at radius 1 is 1.22 bits per heavy atom. The highest BCUT2D eigenvalue weighted by atomic mass is 79.9. The van der Waals surface area contributed by atoms with Crippen molar-refractivity contribution in [3.63, 3.8) is 0 Å². The maximum absolute atomic E-state index is 14.6. The summed E-state index contributed by atoms with van der Waals surface area (Å²) in [6.45, 7) is 1.63. The van der Waals surface area contributed by atoms with Gasteiger partial charge in [0.25, 0.3) is 12.0 Å². The Morgan fingerprint density at radius 3 is 2.59 bits per heavy atom. The van der Waals surface area contributed by atoms with E-state index in [0.29, 0.717) is 29.6 Å². The van der Waals surface area contributed by atoms with Gasteiger partial charge in [-0.3, -0.25) is 4.79 Å². The molecule has 2 heterocycles.